The number of nitrogens with zero attached hydrogens (tertiary/aromatic N) is 1. The summed E-state index contributed by atoms with van der Waals surface area (Å²) < 4.78 is 0. The van der Waals surface area contributed by atoms with E-state index in [1.807, 2.05) is 27.7 Å². The average Bonchev–Trinajstić information content (AvgIpc) is 2.29. The maximum atomic E-state index is 11.6. The number of nitrogens with two attached hydrogens (primary N) is 1. The monoisotopic (exact) mass is 243 g/mol. The van der Waals surface area contributed by atoms with Gasteiger partial charge in [-0.2, -0.15) is 0 Å². The lowest BCUT2D eigenvalue weighted by atomic mass is 10.1. The molecular weight excluding hydrogens is 218 g/mol. The van der Waals surface area contributed by atoms with Crippen LogP contribution in [0.5, 0.6) is 0 Å². The molecule has 0 aromatic carbocycles. The summed E-state index contributed by atoms with van der Waals surface area (Å²) in [6, 6.07) is -0.501. The van der Waals surface area contributed by atoms with Crippen molar-refractivity contribution < 1.29 is 9.59 Å². The minimum atomic E-state index is -0.501. The molecule has 3 N–H and O–H groups in total. The average molecular weight is 243 g/mol. The van der Waals surface area contributed by atoms with Crippen LogP contribution in [0, 0.1) is 5.92 Å². The molecule has 1 atom stereocenters. The molecule has 0 aliphatic rings. The van der Waals surface area contributed by atoms with Gasteiger partial charge < -0.3 is 16.0 Å². The van der Waals surface area contributed by atoms with Crippen molar-refractivity contribution in [3.8, 4) is 0 Å². The van der Waals surface area contributed by atoms with Crippen LogP contribution >= 0.6 is 0 Å². The van der Waals surface area contributed by atoms with E-state index in [-0.39, 0.29) is 17.7 Å². The summed E-state index contributed by atoms with van der Waals surface area (Å²) in [5, 5.41) is 2.69. The molecule has 0 heterocycles. The van der Waals surface area contributed by atoms with E-state index in [0.717, 1.165) is 0 Å². The Kier molecular flexibility index (Phi) is 7.54. The predicted octanol–water partition coefficient (Wildman–Crippen LogP) is 0.344. The first-order valence-corrected chi connectivity index (χ1v) is 6.25. The number of nitrogens with one attached hydrogen (secondary N) is 1. The molecule has 0 fully saturated rings. The molecule has 0 aliphatic carbocycles. The van der Waals surface area contributed by atoms with Crippen LogP contribution in [0.15, 0.2) is 0 Å². The van der Waals surface area contributed by atoms with E-state index < -0.39 is 6.04 Å². The highest BCUT2D eigenvalue weighted by Gasteiger charge is 2.17. The van der Waals surface area contributed by atoms with Crippen LogP contribution in [-0.2, 0) is 9.59 Å². The van der Waals surface area contributed by atoms with E-state index in [1.54, 1.807) is 4.90 Å². The highest BCUT2D eigenvalue weighted by Crippen LogP contribution is 1.98. The van der Waals surface area contributed by atoms with Gasteiger partial charge in [-0.1, -0.05) is 13.8 Å². The van der Waals surface area contributed by atoms with Crippen molar-refractivity contribution in [3.05, 3.63) is 0 Å². The van der Waals surface area contributed by atoms with E-state index in [0.29, 0.717) is 26.1 Å². The van der Waals surface area contributed by atoms with Gasteiger partial charge in [-0.25, -0.2) is 0 Å². The number of hydrogen-bond acceptors (Lipinski definition) is 3. The maximum absolute atomic E-state index is 11.6. The summed E-state index contributed by atoms with van der Waals surface area (Å²) >= 11 is 0. The number of hydrogen-bond donors (Lipinski definition) is 2. The second-order valence-electron chi connectivity index (χ2n) is 4.38. The largest absolute Gasteiger partial charge is 0.354 e. The van der Waals surface area contributed by atoms with E-state index in [4.69, 9.17) is 5.73 Å². The molecule has 0 saturated heterocycles. The highest BCUT2D eigenvalue weighted by atomic mass is 16.2. The smallest absolute Gasteiger partial charge is 0.237 e. The van der Waals surface area contributed by atoms with Gasteiger partial charge in [0.25, 0.3) is 0 Å². The van der Waals surface area contributed by atoms with Crippen molar-refractivity contribution in [2.24, 2.45) is 11.7 Å². The van der Waals surface area contributed by atoms with Crippen LogP contribution in [0.2, 0.25) is 0 Å². The van der Waals surface area contributed by atoms with Gasteiger partial charge in [0.1, 0.15) is 0 Å². The molecule has 0 aromatic rings. The minimum absolute atomic E-state index is 0.0634. The summed E-state index contributed by atoms with van der Waals surface area (Å²) in [6.45, 7) is 9.43. The molecule has 0 spiro atoms. The Bertz CT molecular complexity index is 236. The van der Waals surface area contributed by atoms with Crippen LogP contribution in [0.4, 0.5) is 0 Å². The Hall–Kier alpha value is -1.10. The second kappa shape index (κ2) is 8.06. The fraction of sp³-hybridized carbons (Fsp3) is 0.833. The first-order chi connectivity index (χ1) is 7.93. The van der Waals surface area contributed by atoms with E-state index in [9.17, 15) is 9.59 Å². The molecule has 0 unspecified atom stereocenters. The summed E-state index contributed by atoms with van der Waals surface area (Å²) in [4.78, 5) is 24.9. The van der Waals surface area contributed by atoms with Gasteiger partial charge in [-0.15, -0.1) is 0 Å². The molecule has 0 bridgehead atoms. The summed E-state index contributed by atoms with van der Waals surface area (Å²) in [7, 11) is 0. The summed E-state index contributed by atoms with van der Waals surface area (Å²) in [5.41, 5.74) is 5.68. The third kappa shape index (κ3) is 5.68. The van der Waals surface area contributed by atoms with Crippen LogP contribution in [0.3, 0.4) is 0 Å². The lowest BCUT2D eigenvalue weighted by Gasteiger charge is -2.19. The Morgan fingerprint density at radius 3 is 2.18 bits per heavy atom. The molecule has 0 aromatic heterocycles. The molecule has 0 saturated carbocycles. The van der Waals surface area contributed by atoms with Crippen LogP contribution in [-0.4, -0.2) is 42.4 Å². The SMILES string of the molecule is CCN(CC)C(=O)CCNC(=O)[C@H](N)C(C)C. The third-order valence-electron chi connectivity index (χ3n) is 2.78. The Morgan fingerprint density at radius 2 is 1.76 bits per heavy atom. The van der Waals surface area contributed by atoms with Crippen molar-refractivity contribution in [2.75, 3.05) is 19.6 Å². The topological polar surface area (TPSA) is 75.4 Å². The van der Waals surface area contributed by atoms with Crippen molar-refractivity contribution in [1.29, 1.82) is 0 Å². The molecule has 5 heteroatoms. The fourth-order valence-corrected chi connectivity index (χ4v) is 1.45. The zero-order valence-corrected chi connectivity index (χ0v) is 11.3. The predicted molar refractivity (Wildman–Crippen MR) is 68.4 cm³/mol. The second-order valence-corrected chi connectivity index (χ2v) is 4.38. The van der Waals surface area contributed by atoms with Gasteiger partial charge in [0, 0.05) is 26.1 Å². The zero-order chi connectivity index (χ0) is 13.4. The van der Waals surface area contributed by atoms with Gasteiger partial charge in [-0.3, -0.25) is 9.59 Å². The Balaban J connectivity index is 3.91. The summed E-state index contributed by atoms with van der Waals surface area (Å²) in [6.07, 6.45) is 0.332. The molecule has 0 rings (SSSR count). The number of carbonyl (C=O) groups excluding carboxylic acids is 2. The third-order valence-corrected chi connectivity index (χ3v) is 2.78. The van der Waals surface area contributed by atoms with E-state index in [2.05, 4.69) is 5.32 Å². The van der Waals surface area contributed by atoms with Gasteiger partial charge in [0.2, 0.25) is 11.8 Å². The lowest BCUT2D eigenvalue weighted by molar-refractivity contribution is -0.130. The summed E-state index contributed by atoms with van der Waals surface area (Å²) in [5.74, 6) is -0.0192. The highest BCUT2D eigenvalue weighted by molar-refractivity contribution is 5.82. The zero-order valence-electron chi connectivity index (χ0n) is 11.3. The number of rotatable bonds is 7. The standard InChI is InChI=1S/C12H25N3O2/c1-5-15(6-2)10(16)7-8-14-12(17)11(13)9(3)4/h9,11H,5-8,13H2,1-4H3,(H,14,17)/t11-/m1/s1. The number of amides is 2. The van der Waals surface area contributed by atoms with Crippen LogP contribution < -0.4 is 11.1 Å². The van der Waals surface area contributed by atoms with Gasteiger partial charge >= 0.3 is 0 Å². The van der Waals surface area contributed by atoms with E-state index >= 15 is 0 Å². The first kappa shape index (κ1) is 15.9. The molecule has 0 aliphatic heterocycles. The van der Waals surface area contributed by atoms with Gasteiger partial charge in [-0.05, 0) is 19.8 Å². The quantitative estimate of drug-likeness (QED) is 0.677. The fourth-order valence-electron chi connectivity index (χ4n) is 1.45. The minimum Gasteiger partial charge on any atom is -0.354 e. The van der Waals surface area contributed by atoms with Crippen molar-refractivity contribution in [3.63, 3.8) is 0 Å². The molecule has 17 heavy (non-hydrogen) atoms. The number of carbonyl (C=O) groups is 2. The van der Waals surface area contributed by atoms with Gasteiger partial charge in [0.05, 0.1) is 6.04 Å². The molecule has 0 radical (unpaired) electrons. The van der Waals surface area contributed by atoms with Gasteiger partial charge in [0.15, 0.2) is 0 Å². The molecule has 5 nitrogen and oxygen atoms in total. The van der Waals surface area contributed by atoms with Crippen LogP contribution in [0.25, 0.3) is 0 Å². The van der Waals surface area contributed by atoms with Crippen molar-refractivity contribution in [2.45, 2.75) is 40.2 Å². The lowest BCUT2D eigenvalue weighted by Crippen LogP contribution is -2.45. The van der Waals surface area contributed by atoms with E-state index in [1.165, 1.54) is 0 Å². The Morgan fingerprint density at radius 1 is 1.24 bits per heavy atom. The maximum Gasteiger partial charge on any atom is 0.237 e. The Labute approximate surface area is 104 Å². The molecular formula is C12H25N3O2. The normalized spacial score (nSPS) is 12.4. The molecule has 100 valence electrons. The van der Waals surface area contributed by atoms with Crippen LogP contribution in [0.1, 0.15) is 34.1 Å². The molecule has 2 amide bonds. The van der Waals surface area contributed by atoms with Crippen molar-refractivity contribution >= 4 is 11.8 Å². The first-order valence-electron chi connectivity index (χ1n) is 6.25. The van der Waals surface area contributed by atoms with Crippen molar-refractivity contribution in [1.82, 2.24) is 10.2 Å².